The van der Waals surface area contributed by atoms with E-state index in [4.69, 9.17) is 11.6 Å². The molecule has 9 heteroatoms. The summed E-state index contributed by atoms with van der Waals surface area (Å²) < 4.78 is 1.35. The molecule has 0 aliphatic heterocycles. The molecule has 3 aromatic rings. The molecule has 0 saturated heterocycles. The molecular formula is C20H18ClN5O3. The molecule has 2 aromatic heterocycles. The molecule has 2 amide bonds. The number of halogens is 1. The molecule has 0 aliphatic rings. The quantitative estimate of drug-likeness (QED) is 0.648. The van der Waals surface area contributed by atoms with Crippen molar-refractivity contribution in [1.29, 1.82) is 0 Å². The zero-order chi connectivity index (χ0) is 21.0. The van der Waals surface area contributed by atoms with Crippen LogP contribution in [0.1, 0.15) is 33.5 Å². The van der Waals surface area contributed by atoms with E-state index in [-0.39, 0.29) is 23.6 Å². The maximum absolute atomic E-state index is 12.9. The number of ketones is 1. The first-order valence-electron chi connectivity index (χ1n) is 8.72. The number of carbonyl (C=O) groups excluding carboxylic acids is 3. The van der Waals surface area contributed by atoms with Gasteiger partial charge in [0.25, 0.3) is 11.8 Å². The lowest BCUT2D eigenvalue weighted by atomic mass is 10.1. The van der Waals surface area contributed by atoms with E-state index in [0.29, 0.717) is 22.2 Å². The fraction of sp³-hybridized carbons (Fsp3) is 0.150. The van der Waals surface area contributed by atoms with Crippen molar-refractivity contribution in [2.24, 2.45) is 0 Å². The molecule has 148 valence electrons. The fourth-order valence-electron chi connectivity index (χ4n) is 2.63. The summed E-state index contributed by atoms with van der Waals surface area (Å²) in [5, 5.41) is 9.88. The van der Waals surface area contributed by atoms with Crippen molar-refractivity contribution in [2.75, 3.05) is 11.9 Å². The molecule has 0 fully saturated rings. The number of benzene rings is 1. The third-order valence-electron chi connectivity index (χ3n) is 3.92. The number of para-hydroxylation sites is 1. The van der Waals surface area contributed by atoms with Crippen LogP contribution in [0.4, 0.5) is 5.69 Å². The van der Waals surface area contributed by atoms with Crippen LogP contribution >= 0.6 is 11.6 Å². The van der Waals surface area contributed by atoms with E-state index in [0.717, 1.165) is 0 Å². The van der Waals surface area contributed by atoms with Gasteiger partial charge in [-0.05, 0) is 44.2 Å². The van der Waals surface area contributed by atoms with E-state index in [1.165, 1.54) is 11.6 Å². The van der Waals surface area contributed by atoms with E-state index in [1.807, 2.05) is 0 Å². The van der Waals surface area contributed by atoms with Gasteiger partial charge in [0, 0.05) is 6.20 Å². The van der Waals surface area contributed by atoms with E-state index in [9.17, 15) is 14.4 Å². The van der Waals surface area contributed by atoms with Gasteiger partial charge in [-0.2, -0.15) is 5.10 Å². The SMILES string of the molecule is CC(=O)CNC(=O)c1ccccc1NC(=O)c1cc(C)nn1-c1ncccc1Cl. The molecule has 0 radical (unpaired) electrons. The first kappa shape index (κ1) is 20.2. The Morgan fingerprint density at radius 3 is 2.59 bits per heavy atom. The number of aromatic nitrogens is 3. The Balaban J connectivity index is 1.90. The lowest BCUT2D eigenvalue weighted by molar-refractivity contribution is -0.116. The molecule has 0 aliphatic carbocycles. The van der Waals surface area contributed by atoms with E-state index in [2.05, 4.69) is 20.7 Å². The van der Waals surface area contributed by atoms with Crippen molar-refractivity contribution in [2.45, 2.75) is 13.8 Å². The average Bonchev–Trinajstić information content (AvgIpc) is 3.08. The monoisotopic (exact) mass is 411 g/mol. The predicted octanol–water partition coefficient (Wildman–Crippen LogP) is 2.80. The van der Waals surface area contributed by atoms with Crippen molar-refractivity contribution in [1.82, 2.24) is 20.1 Å². The number of hydrogen-bond donors (Lipinski definition) is 2. The molecule has 3 rings (SSSR count). The molecule has 2 N–H and O–H groups in total. The first-order valence-corrected chi connectivity index (χ1v) is 9.10. The topological polar surface area (TPSA) is 106 Å². The standard InChI is InChI=1S/C20H18ClN5O3/c1-12-10-17(26(25-12)18-15(21)7-5-9-22-18)20(29)24-16-8-4-3-6-14(16)19(28)23-11-13(2)27/h3-10H,11H2,1-2H3,(H,23,28)(H,24,29). The van der Waals surface area contributed by atoms with Gasteiger partial charge in [-0.15, -0.1) is 0 Å². The number of pyridine rings is 1. The molecular weight excluding hydrogens is 394 g/mol. The number of nitrogens with zero attached hydrogens (tertiary/aromatic N) is 3. The zero-order valence-corrected chi connectivity index (χ0v) is 16.5. The molecule has 1 aromatic carbocycles. The summed E-state index contributed by atoms with van der Waals surface area (Å²) in [7, 11) is 0. The van der Waals surface area contributed by atoms with Gasteiger partial charge in [-0.1, -0.05) is 23.7 Å². The largest absolute Gasteiger partial charge is 0.345 e. The minimum atomic E-state index is -0.487. The second-order valence-electron chi connectivity index (χ2n) is 6.28. The van der Waals surface area contributed by atoms with Crippen molar-refractivity contribution >= 4 is 34.9 Å². The Labute approximate surface area is 171 Å². The molecule has 29 heavy (non-hydrogen) atoms. The van der Waals surface area contributed by atoms with E-state index in [1.54, 1.807) is 55.6 Å². The van der Waals surface area contributed by atoms with Crippen molar-refractivity contribution in [3.8, 4) is 5.82 Å². The molecule has 0 unspecified atom stereocenters. The van der Waals surface area contributed by atoms with Gasteiger partial charge >= 0.3 is 0 Å². The van der Waals surface area contributed by atoms with Crippen LogP contribution < -0.4 is 10.6 Å². The summed E-state index contributed by atoms with van der Waals surface area (Å²) in [6.07, 6.45) is 1.55. The van der Waals surface area contributed by atoms with Crippen LogP contribution in [-0.2, 0) is 4.79 Å². The summed E-state index contributed by atoms with van der Waals surface area (Å²) in [6, 6.07) is 11.4. The van der Waals surface area contributed by atoms with Gasteiger partial charge in [0.2, 0.25) is 0 Å². The number of nitrogens with one attached hydrogen (secondary N) is 2. The van der Waals surface area contributed by atoms with Gasteiger partial charge in [0.15, 0.2) is 5.82 Å². The van der Waals surface area contributed by atoms with Crippen molar-refractivity contribution < 1.29 is 14.4 Å². The lowest BCUT2D eigenvalue weighted by Gasteiger charge is -2.12. The normalized spacial score (nSPS) is 10.4. The van der Waals surface area contributed by atoms with Crippen molar-refractivity contribution in [3.05, 3.63) is 70.6 Å². The Kier molecular flexibility index (Phi) is 6.04. The lowest BCUT2D eigenvalue weighted by Crippen LogP contribution is -2.29. The van der Waals surface area contributed by atoms with Crippen molar-refractivity contribution in [3.63, 3.8) is 0 Å². The highest BCUT2D eigenvalue weighted by Gasteiger charge is 2.20. The predicted molar refractivity (Wildman–Crippen MR) is 109 cm³/mol. The van der Waals surface area contributed by atoms with Crippen LogP contribution in [0.15, 0.2) is 48.7 Å². The third kappa shape index (κ3) is 4.67. The maximum Gasteiger partial charge on any atom is 0.274 e. The molecule has 0 bridgehead atoms. The number of amides is 2. The summed E-state index contributed by atoms with van der Waals surface area (Å²) in [5.74, 6) is -0.806. The molecule has 0 spiro atoms. The van der Waals surface area contributed by atoms with Crippen LogP contribution in [0, 0.1) is 6.92 Å². The summed E-state index contributed by atoms with van der Waals surface area (Å²) in [6.45, 7) is 3.03. The number of anilines is 1. The zero-order valence-electron chi connectivity index (χ0n) is 15.8. The number of rotatable bonds is 6. The Morgan fingerprint density at radius 2 is 1.86 bits per heavy atom. The Bertz CT molecular complexity index is 1090. The van der Waals surface area contributed by atoms with Crippen LogP contribution in [0.3, 0.4) is 0 Å². The van der Waals surface area contributed by atoms with Crippen LogP contribution in [0.5, 0.6) is 0 Å². The van der Waals surface area contributed by atoms with Crippen LogP contribution in [0.25, 0.3) is 5.82 Å². The number of Topliss-reactive ketones (excluding diaryl/α,β-unsaturated/α-hetero) is 1. The third-order valence-corrected chi connectivity index (χ3v) is 4.22. The fourth-order valence-corrected chi connectivity index (χ4v) is 2.83. The van der Waals surface area contributed by atoms with Crippen LogP contribution in [-0.4, -0.2) is 38.9 Å². The molecule has 8 nitrogen and oxygen atoms in total. The minimum Gasteiger partial charge on any atom is -0.345 e. The van der Waals surface area contributed by atoms with Crippen LogP contribution in [0.2, 0.25) is 5.02 Å². The molecule has 0 atom stereocenters. The number of carbonyl (C=O) groups is 3. The second kappa shape index (κ2) is 8.66. The molecule has 2 heterocycles. The maximum atomic E-state index is 12.9. The summed E-state index contributed by atoms with van der Waals surface area (Å²) >= 11 is 6.20. The van der Waals surface area contributed by atoms with Gasteiger partial charge in [0.1, 0.15) is 11.5 Å². The Morgan fingerprint density at radius 1 is 1.10 bits per heavy atom. The average molecular weight is 412 g/mol. The first-order chi connectivity index (χ1) is 13.9. The highest BCUT2D eigenvalue weighted by atomic mass is 35.5. The molecule has 0 saturated carbocycles. The summed E-state index contributed by atoms with van der Waals surface area (Å²) in [5.41, 5.74) is 1.35. The highest BCUT2D eigenvalue weighted by molar-refractivity contribution is 6.32. The number of aryl methyl sites for hydroxylation is 1. The van der Waals surface area contributed by atoms with Gasteiger partial charge in [-0.3, -0.25) is 14.4 Å². The minimum absolute atomic E-state index is 0.0920. The van der Waals surface area contributed by atoms with Gasteiger partial charge in [-0.25, -0.2) is 9.67 Å². The van der Waals surface area contributed by atoms with E-state index >= 15 is 0 Å². The van der Waals surface area contributed by atoms with Gasteiger partial charge < -0.3 is 10.6 Å². The second-order valence-corrected chi connectivity index (χ2v) is 6.68. The van der Waals surface area contributed by atoms with E-state index < -0.39 is 11.8 Å². The van der Waals surface area contributed by atoms with Gasteiger partial charge in [0.05, 0.1) is 28.5 Å². The highest BCUT2D eigenvalue weighted by Crippen LogP contribution is 2.21. The summed E-state index contributed by atoms with van der Waals surface area (Å²) in [4.78, 5) is 40.6. The Hall–Kier alpha value is -3.52. The number of hydrogen-bond acceptors (Lipinski definition) is 5. The smallest absolute Gasteiger partial charge is 0.274 e.